The maximum atomic E-state index is 11.3. The molecule has 3 unspecified atom stereocenters. The molecule has 1 aliphatic carbocycles. The fourth-order valence-electron chi connectivity index (χ4n) is 1.66. The van der Waals surface area contributed by atoms with Gasteiger partial charge in [-0.3, -0.25) is 4.79 Å². The third-order valence-corrected chi connectivity index (χ3v) is 2.62. The molecule has 1 saturated heterocycles. The number of amides is 1. The number of hydrogen-bond donors (Lipinski definition) is 2. The molecule has 0 bridgehead atoms. The topological polar surface area (TPSA) is 64.3 Å². The van der Waals surface area contributed by atoms with E-state index in [2.05, 4.69) is 5.32 Å². The van der Waals surface area contributed by atoms with Crippen LogP contribution in [0.5, 0.6) is 0 Å². The Kier molecular flexibility index (Phi) is 2.51. The van der Waals surface area contributed by atoms with Crippen molar-refractivity contribution in [1.29, 1.82) is 0 Å². The minimum atomic E-state index is 0.0878. The summed E-state index contributed by atoms with van der Waals surface area (Å²) in [6.07, 6.45) is 3.68. The van der Waals surface area contributed by atoms with Crippen molar-refractivity contribution in [3.05, 3.63) is 0 Å². The van der Waals surface area contributed by atoms with Gasteiger partial charge in [0.2, 0.25) is 5.91 Å². The molecule has 1 saturated carbocycles. The Morgan fingerprint density at radius 3 is 2.92 bits per heavy atom. The first-order chi connectivity index (χ1) is 6.25. The molecule has 3 N–H and O–H groups in total. The quantitative estimate of drug-likeness (QED) is 0.637. The molecule has 0 aromatic carbocycles. The van der Waals surface area contributed by atoms with Crippen molar-refractivity contribution in [3.8, 4) is 0 Å². The van der Waals surface area contributed by atoms with E-state index < -0.39 is 0 Å². The highest BCUT2D eigenvalue weighted by molar-refractivity contribution is 5.77. The van der Waals surface area contributed by atoms with Gasteiger partial charge in [-0.15, -0.1) is 0 Å². The van der Waals surface area contributed by atoms with Crippen LogP contribution in [0.2, 0.25) is 0 Å². The van der Waals surface area contributed by atoms with Crippen LogP contribution in [-0.4, -0.2) is 30.7 Å². The van der Waals surface area contributed by atoms with Gasteiger partial charge in [0.05, 0.1) is 12.5 Å². The lowest BCUT2D eigenvalue weighted by Gasteiger charge is -2.08. The Morgan fingerprint density at radius 2 is 2.38 bits per heavy atom. The Morgan fingerprint density at radius 1 is 1.62 bits per heavy atom. The number of ether oxygens (including phenoxy) is 1. The molecule has 4 nitrogen and oxygen atoms in total. The minimum Gasteiger partial charge on any atom is -0.378 e. The molecule has 13 heavy (non-hydrogen) atoms. The van der Waals surface area contributed by atoms with Gasteiger partial charge in [0.1, 0.15) is 0 Å². The van der Waals surface area contributed by atoms with Crippen molar-refractivity contribution < 1.29 is 9.53 Å². The molecule has 0 aromatic heterocycles. The van der Waals surface area contributed by atoms with Gasteiger partial charge in [-0.05, 0) is 19.3 Å². The van der Waals surface area contributed by atoms with Crippen LogP contribution in [0.1, 0.15) is 25.7 Å². The number of hydrogen-bond acceptors (Lipinski definition) is 3. The first-order valence-electron chi connectivity index (χ1n) is 4.92. The molecule has 2 aliphatic rings. The van der Waals surface area contributed by atoms with Crippen LogP contribution in [0.3, 0.4) is 0 Å². The van der Waals surface area contributed by atoms with Crippen molar-refractivity contribution in [1.82, 2.24) is 5.32 Å². The van der Waals surface area contributed by atoms with E-state index in [4.69, 9.17) is 10.5 Å². The predicted octanol–water partition coefficient (Wildman–Crippen LogP) is -0.229. The van der Waals surface area contributed by atoms with Crippen LogP contribution in [0.4, 0.5) is 0 Å². The van der Waals surface area contributed by atoms with Crippen molar-refractivity contribution >= 4 is 5.91 Å². The van der Waals surface area contributed by atoms with E-state index in [9.17, 15) is 4.79 Å². The molecule has 1 amide bonds. The largest absolute Gasteiger partial charge is 0.378 e. The van der Waals surface area contributed by atoms with Crippen LogP contribution >= 0.6 is 0 Å². The summed E-state index contributed by atoms with van der Waals surface area (Å²) >= 11 is 0. The van der Waals surface area contributed by atoms with Crippen LogP contribution in [0.25, 0.3) is 0 Å². The second-order valence-corrected chi connectivity index (χ2v) is 3.91. The summed E-state index contributed by atoms with van der Waals surface area (Å²) in [5.74, 6) is 0.0878. The zero-order chi connectivity index (χ0) is 9.26. The second kappa shape index (κ2) is 3.64. The van der Waals surface area contributed by atoms with E-state index in [0.29, 0.717) is 6.42 Å². The highest BCUT2D eigenvalue weighted by atomic mass is 16.5. The minimum absolute atomic E-state index is 0.0878. The van der Waals surface area contributed by atoms with Gasteiger partial charge in [0, 0.05) is 18.7 Å². The molecule has 74 valence electrons. The highest BCUT2D eigenvalue weighted by Gasteiger charge is 2.35. The van der Waals surface area contributed by atoms with E-state index in [-0.39, 0.29) is 24.1 Å². The summed E-state index contributed by atoms with van der Waals surface area (Å²) < 4.78 is 5.36. The molecule has 2 fully saturated rings. The van der Waals surface area contributed by atoms with Gasteiger partial charge in [0.25, 0.3) is 0 Å². The fourth-order valence-corrected chi connectivity index (χ4v) is 1.66. The van der Waals surface area contributed by atoms with Crippen LogP contribution < -0.4 is 11.1 Å². The summed E-state index contributed by atoms with van der Waals surface area (Å²) in [5.41, 5.74) is 5.58. The molecule has 3 atom stereocenters. The monoisotopic (exact) mass is 184 g/mol. The Hall–Kier alpha value is -0.610. The maximum Gasteiger partial charge on any atom is 0.222 e. The van der Waals surface area contributed by atoms with Gasteiger partial charge in [-0.2, -0.15) is 0 Å². The standard InChI is InChI=1S/C9H16N2O2/c10-7-5-8(7)11-9(12)4-6-2-1-3-13-6/h6-8H,1-5,10H2,(H,11,12). The van der Waals surface area contributed by atoms with E-state index in [1.165, 1.54) is 0 Å². The number of carbonyl (C=O) groups excluding carboxylic acids is 1. The summed E-state index contributed by atoms with van der Waals surface area (Å²) in [5, 5.41) is 2.89. The van der Waals surface area contributed by atoms with E-state index in [0.717, 1.165) is 25.9 Å². The number of nitrogens with one attached hydrogen (secondary N) is 1. The SMILES string of the molecule is NC1CC1NC(=O)CC1CCCO1. The molecule has 0 radical (unpaired) electrons. The third kappa shape index (κ3) is 2.42. The van der Waals surface area contributed by atoms with E-state index in [1.54, 1.807) is 0 Å². The van der Waals surface area contributed by atoms with Gasteiger partial charge in [0.15, 0.2) is 0 Å². The molecular weight excluding hydrogens is 168 g/mol. The highest BCUT2D eigenvalue weighted by Crippen LogP contribution is 2.19. The van der Waals surface area contributed by atoms with Crippen LogP contribution in [-0.2, 0) is 9.53 Å². The smallest absolute Gasteiger partial charge is 0.222 e. The third-order valence-electron chi connectivity index (χ3n) is 2.62. The number of carbonyl (C=O) groups is 1. The van der Waals surface area contributed by atoms with Crippen molar-refractivity contribution in [2.24, 2.45) is 5.73 Å². The number of rotatable bonds is 3. The first-order valence-corrected chi connectivity index (χ1v) is 4.92. The molecular formula is C9H16N2O2. The summed E-state index contributed by atoms with van der Waals surface area (Å²) in [6, 6.07) is 0.419. The van der Waals surface area contributed by atoms with Gasteiger partial charge in [-0.1, -0.05) is 0 Å². The molecule has 1 heterocycles. The summed E-state index contributed by atoms with van der Waals surface area (Å²) in [7, 11) is 0. The van der Waals surface area contributed by atoms with Gasteiger partial charge >= 0.3 is 0 Å². The van der Waals surface area contributed by atoms with E-state index in [1.807, 2.05) is 0 Å². The summed E-state index contributed by atoms with van der Waals surface area (Å²) in [6.45, 7) is 0.806. The Balaban J connectivity index is 1.66. The molecule has 4 heteroatoms. The molecule has 2 rings (SSSR count). The Bertz CT molecular complexity index is 202. The lowest BCUT2D eigenvalue weighted by atomic mass is 10.2. The average Bonchev–Trinajstić information content (AvgIpc) is 2.61. The average molecular weight is 184 g/mol. The van der Waals surface area contributed by atoms with Crippen molar-refractivity contribution in [2.75, 3.05) is 6.61 Å². The lowest BCUT2D eigenvalue weighted by Crippen LogP contribution is -2.32. The normalized spacial score (nSPS) is 37.5. The van der Waals surface area contributed by atoms with Gasteiger partial charge < -0.3 is 15.8 Å². The second-order valence-electron chi connectivity index (χ2n) is 3.91. The lowest BCUT2D eigenvalue weighted by molar-refractivity contribution is -0.123. The van der Waals surface area contributed by atoms with Crippen LogP contribution in [0, 0.1) is 0 Å². The zero-order valence-corrected chi connectivity index (χ0v) is 7.66. The van der Waals surface area contributed by atoms with Gasteiger partial charge in [-0.25, -0.2) is 0 Å². The maximum absolute atomic E-state index is 11.3. The first kappa shape index (κ1) is 8.97. The van der Waals surface area contributed by atoms with Crippen molar-refractivity contribution in [2.45, 2.75) is 43.9 Å². The van der Waals surface area contributed by atoms with Crippen LogP contribution in [0.15, 0.2) is 0 Å². The fraction of sp³-hybridized carbons (Fsp3) is 0.889. The molecule has 0 spiro atoms. The predicted molar refractivity (Wildman–Crippen MR) is 48.1 cm³/mol. The van der Waals surface area contributed by atoms with E-state index >= 15 is 0 Å². The zero-order valence-electron chi connectivity index (χ0n) is 7.66. The number of nitrogens with two attached hydrogens (primary N) is 1. The van der Waals surface area contributed by atoms with Crippen molar-refractivity contribution in [3.63, 3.8) is 0 Å². The summed E-state index contributed by atoms with van der Waals surface area (Å²) in [4.78, 5) is 11.3. The molecule has 1 aliphatic heterocycles. The molecule has 0 aromatic rings. The Labute approximate surface area is 77.8 Å².